The summed E-state index contributed by atoms with van der Waals surface area (Å²) in [6, 6.07) is 28.1. The van der Waals surface area contributed by atoms with Gasteiger partial charge < -0.3 is 28.6 Å². The predicted octanol–water partition coefficient (Wildman–Crippen LogP) is 5.90. The lowest BCUT2D eigenvalue weighted by Crippen LogP contribution is -2.36. The van der Waals surface area contributed by atoms with Gasteiger partial charge in [0, 0.05) is 42.9 Å². The molecule has 194 valence electrons. The minimum atomic E-state index is -1.37. The van der Waals surface area contributed by atoms with Crippen LogP contribution in [0.3, 0.4) is 0 Å². The molecule has 0 saturated heterocycles. The van der Waals surface area contributed by atoms with E-state index in [0.29, 0.717) is 22.4 Å². The molecule has 2 heterocycles. The van der Waals surface area contributed by atoms with Crippen LogP contribution in [0.5, 0.6) is 23.0 Å². The topological polar surface area (TPSA) is 98.4 Å². The second kappa shape index (κ2) is 9.25. The molecular weight excluding hydrogens is 498 g/mol. The van der Waals surface area contributed by atoms with Gasteiger partial charge in [-0.2, -0.15) is 0 Å². The summed E-state index contributed by atoms with van der Waals surface area (Å²) < 4.78 is 24.1. The van der Waals surface area contributed by atoms with Gasteiger partial charge in [-0.25, -0.2) is 4.79 Å². The maximum atomic E-state index is 13.2. The molecule has 0 radical (unpaired) electrons. The zero-order valence-electron chi connectivity index (χ0n) is 21.1. The molecule has 8 heteroatoms. The molecule has 8 nitrogen and oxygen atoms in total. The van der Waals surface area contributed by atoms with E-state index in [0.717, 1.165) is 0 Å². The van der Waals surface area contributed by atoms with Crippen molar-refractivity contribution in [1.29, 1.82) is 0 Å². The third kappa shape index (κ3) is 4.12. The minimum absolute atomic E-state index is 0.0189. The fourth-order valence-electron chi connectivity index (χ4n) is 4.49. The van der Waals surface area contributed by atoms with E-state index < -0.39 is 17.3 Å². The molecule has 6 rings (SSSR count). The Kier molecular flexibility index (Phi) is 5.72. The van der Waals surface area contributed by atoms with E-state index in [1.807, 2.05) is 60.7 Å². The lowest BCUT2D eigenvalue weighted by Gasteiger charge is -2.28. The third-order valence-corrected chi connectivity index (χ3v) is 6.43. The number of phenols is 1. The maximum Gasteiger partial charge on any atom is 0.414 e. The quantitative estimate of drug-likeness (QED) is 0.314. The molecule has 0 unspecified atom stereocenters. The number of hydrogen-bond donors (Lipinski definition) is 1. The number of carbonyl (C=O) groups excluding carboxylic acids is 1. The molecular formula is C31H23NO7. The molecule has 0 fully saturated rings. The Hall–Kier alpha value is -5.24. The highest BCUT2D eigenvalue weighted by Gasteiger charge is 2.47. The zero-order chi connectivity index (χ0) is 27.1. The summed E-state index contributed by atoms with van der Waals surface area (Å²) in [6.45, 7) is 0. The molecule has 1 aliphatic rings. The van der Waals surface area contributed by atoms with E-state index in [1.165, 1.54) is 11.0 Å². The van der Waals surface area contributed by atoms with Crippen LogP contribution in [0.15, 0.2) is 106 Å². The van der Waals surface area contributed by atoms with Gasteiger partial charge in [0.05, 0.1) is 0 Å². The normalized spacial score (nSPS) is 13.3. The first-order valence-corrected chi connectivity index (χ1v) is 12.2. The molecule has 39 heavy (non-hydrogen) atoms. The first kappa shape index (κ1) is 24.1. The Morgan fingerprint density at radius 3 is 2.05 bits per heavy atom. The number of rotatable bonds is 4. The van der Waals surface area contributed by atoms with Crippen LogP contribution in [0.2, 0.25) is 0 Å². The Balaban J connectivity index is 1.43. The van der Waals surface area contributed by atoms with Crippen LogP contribution < -0.4 is 19.6 Å². The fraction of sp³-hybridized carbons (Fsp3) is 0.0968. The number of nitrogens with zero attached hydrogens (tertiary/aromatic N) is 1. The van der Waals surface area contributed by atoms with Gasteiger partial charge in [0.1, 0.15) is 22.5 Å². The van der Waals surface area contributed by atoms with Crippen molar-refractivity contribution in [2.24, 2.45) is 0 Å². The highest BCUT2D eigenvalue weighted by atomic mass is 16.7. The number of amides is 1. The molecule has 0 bridgehead atoms. The second-order valence-electron chi connectivity index (χ2n) is 9.24. The Bertz CT molecular complexity index is 1700. The zero-order valence-corrected chi connectivity index (χ0v) is 21.1. The van der Waals surface area contributed by atoms with Crippen molar-refractivity contribution in [3.8, 4) is 34.3 Å². The summed E-state index contributed by atoms with van der Waals surface area (Å²) >= 11 is 0. The number of aromatic hydroxyl groups is 1. The van der Waals surface area contributed by atoms with Gasteiger partial charge in [-0.3, -0.25) is 4.79 Å². The SMILES string of the molecule is CN(C)C(=O)Oc1ccc(-c2cc(=O)c3c(O)c4c(cc3o2)OC(c2ccccc2)(c2ccccc2)O4)cc1. The van der Waals surface area contributed by atoms with Crippen molar-refractivity contribution in [1.82, 2.24) is 4.90 Å². The molecule has 0 saturated carbocycles. The predicted molar refractivity (Wildman–Crippen MR) is 144 cm³/mol. The van der Waals surface area contributed by atoms with E-state index in [9.17, 15) is 14.7 Å². The summed E-state index contributed by atoms with van der Waals surface area (Å²) in [6.07, 6.45) is -0.506. The summed E-state index contributed by atoms with van der Waals surface area (Å²) in [4.78, 5) is 26.3. The molecule has 1 aliphatic heterocycles. The molecule has 1 amide bonds. The second-order valence-corrected chi connectivity index (χ2v) is 9.24. The van der Waals surface area contributed by atoms with Crippen LogP contribution in [-0.2, 0) is 5.79 Å². The highest BCUT2D eigenvalue weighted by molar-refractivity contribution is 5.90. The van der Waals surface area contributed by atoms with Crippen LogP contribution in [0, 0.1) is 0 Å². The van der Waals surface area contributed by atoms with E-state index in [-0.39, 0.29) is 34.0 Å². The Morgan fingerprint density at radius 2 is 1.46 bits per heavy atom. The molecule has 0 aliphatic carbocycles. The molecule has 1 N–H and O–H groups in total. The van der Waals surface area contributed by atoms with Crippen molar-refractivity contribution in [2.75, 3.05) is 14.1 Å². The van der Waals surface area contributed by atoms with E-state index >= 15 is 0 Å². The Labute approximate surface area is 223 Å². The summed E-state index contributed by atoms with van der Waals surface area (Å²) in [5.41, 5.74) is 1.70. The van der Waals surface area contributed by atoms with Gasteiger partial charge >= 0.3 is 11.9 Å². The Morgan fingerprint density at radius 1 is 0.846 bits per heavy atom. The largest absolute Gasteiger partial charge is 0.504 e. The number of hydrogen-bond acceptors (Lipinski definition) is 7. The van der Waals surface area contributed by atoms with Gasteiger partial charge in [0.2, 0.25) is 5.75 Å². The van der Waals surface area contributed by atoms with Crippen LogP contribution in [-0.4, -0.2) is 30.2 Å². The number of phenolic OH excluding ortho intramolecular Hbond substituents is 1. The van der Waals surface area contributed by atoms with Crippen LogP contribution in [0.1, 0.15) is 11.1 Å². The maximum absolute atomic E-state index is 13.2. The monoisotopic (exact) mass is 521 g/mol. The number of benzene rings is 4. The first-order valence-electron chi connectivity index (χ1n) is 12.2. The van der Waals surface area contributed by atoms with Crippen molar-refractivity contribution in [3.63, 3.8) is 0 Å². The first-order chi connectivity index (χ1) is 18.9. The van der Waals surface area contributed by atoms with Gasteiger partial charge in [0.15, 0.2) is 16.9 Å². The van der Waals surface area contributed by atoms with Crippen LogP contribution in [0.25, 0.3) is 22.3 Å². The summed E-state index contributed by atoms with van der Waals surface area (Å²) in [5.74, 6) is -0.817. The van der Waals surface area contributed by atoms with Crippen LogP contribution >= 0.6 is 0 Å². The van der Waals surface area contributed by atoms with Gasteiger partial charge in [0.25, 0.3) is 0 Å². The highest BCUT2D eigenvalue weighted by Crippen LogP contribution is 2.53. The number of fused-ring (bicyclic) bond motifs is 2. The van der Waals surface area contributed by atoms with Gasteiger partial charge in [-0.15, -0.1) is 0 Å². The van der Waals surface area contributed by atoms with E-state index in [1.54, 1.807) is 44.4 Å². The minimum Gasteiger partial charge on any atom is -0.504 e. The molecule has 0 atom stereocenters. The van der Waals surface area contributed by atoms with E-state index in [4.69, 9.17) is 18.6 Å². The summed E-state index contributed by atoms with van der Waals surface area (Å²) in [7, 11) is 3.18. The lowest BCUT2D eigenvalue weighted by atomic mass is 9.97. The molecule has 0 spiro atoms. The van der Waals surface area contributed by atoms with Crippen molar-refractivity contribution >= 4 is 17.1 Å². The van der Waals surface area contributed by atoms with Crippen LogP contribution in [0.4, 0.5) is 4.79 Å². The van der Waals surface area contributed by atoms with E-state index in [2.05, 4.69) is 0 Å². The third-order valence-electron chi connectivity index (χ3n) is 6.43. The average molecular weight is 522 g/mol. The average Bonchev–Trinajstić information content (AvgIpc) is 3.35. The smallest absolute Gasteiger partial charge is 0.414 e. The molecule has 5 aromatic rings. The number of carbonyl (C=O) groups is 1. The van der Waals surface area contributed by atoms with Crippen molar-refractivity contribution in [3.05, 3.63) is 118 Å². The molecule has 4 aromatic carbocycles. The number of ether oxygens (including phenoxy) is 3. The molecule has 1 aromatic heterocycles. The lowest BCUT2D eigenvalue weighted by molar-refractivity contribution is -0.0466. The van der Waals surface area contributed by atoms with Gasteiger partial charge in [-0.1, -0.05) is 60.7 Å². The van der Waals surface area contributed by atoms with Crippen molar-refractivity contribution in [2.45, 2.75) is 5.79 Å². The fourth-order valence-corrected chi connectivity index (χ4v) is 4.49. The summed E-state index contributed by atoms with van der Waals surface area (Å²) in [5, 5.41) is 11.2. The standard InChI is InChI=1S/C31H23NO7/c1-32(2)30(35)36-22-15-13-19(14-16-22)24-17-23(33)27-25(37-24)18-26-29(28(27)34)39-31(38-26,20-9-5-3-6-10-20)21-11-7-4-8-12-21/h3-18,34H,1-2H3. The van der Waals surface area contributed by atoms with Gasteiger partial charge in [-0.05, 0) is 24.3 Å². The van der Waals surface area contributed by atoms with Crippen molar-refractivity contribution < 1.29 is 28.5 Å².